The second-order valence-electron chi connectivity index (χ2n) is 5.58. The van der Waals surface area contributed by atoms with E-state index in [9.17, 15) is 19.8 Å². The highest BCUT2D eigenvalue weighted by molar-refractivity contribution is 6.01. The second-order valence-corrected chi connectivity index (χ2v) is 5.58. The molecule has 1 aromatic rings. The Bertz CT molecular complexity index is 554. The first-order valence-electron chi connectivity index (χ1n) is 7.72. The predicted octanol–water partition coefficient (Wildman–Crippen LogP) is 0.882. The molecule has 0 saturated heterocycles. The van der Waals surface area contributed by atoms with Gasteiger partial charge in [0.1, 0.15) is 0 Å². The molecule has 1 aromatic carbocycles. The fourth-order valence-electron chi connectivity index (χ4n) is 3.04. The van der Waals surface area contributed by atoms with Crippen molar-refractivity contribution in [1.82, 2.24) is 0 Å². The Morgan fingerprint density at radius 1 is 0.957 bits per heavy atom. The van der Waals surface area contributed by atoms with Crippen LogP contribution in [0.4, 0.5) is 0 Å². The molecule has 1 aliphatic carbocycles. The number of aliphatic hydroxyl groups is 2. The summed E-state index contributed by atoms with van der Waals surface area (Å²) in [5.74, 6) is -1.18. The van der Waals surface area contributed by atoms with Crippen LogP contribution in [0.25, 0.3) is 0 Å². The first kappa shape index (κ1) is 17.4. The third-order valence-corrected chi connectivity index (χ3v) is 4.18. The average molecular weight is 322 g/mol. The van der Waals surface area contributed by atoms with E-state index in [1.54, 1.807) is 26.0 Å². The molecule has 2 rings (SSSR count). The van der Waals surface area contributed by atoms with E-state index in [0.29, 0.717) is 11.1 Å². The van der Waals surface area contributed by atoms with Crippen LogP contribution in [0.3, 0.4) is 0 Å². The van der Waals surface area contributed by atoms with E-state index in [-0.39, 0.29) is 39.3 Å². The maximum Gasteiger partial charge on any atom is 0.324 e. The summed E-state index contributed by atoms with van der Waals surface area (Å²) in [6.45, 7) is 3.31. The summed E-state index contributed by atoms with van der Waals surface area (Å²) in [4.78, 5) is 24.9. The van der Waals surface area contributed by atoms with Crippen LogP contribution in [0.2, 0.25) is 0 Å². The Hall–Kier alpha value is -1.92. The van der Waals surface area contributed by atoms with E-state index in [1.165, 1.54) is 0 Å². The summed E-state index contributed by atoms with van der Waals surface area (Å²) in [7, 11) is 0. The molecule has 126 valence electrons. The Morgan fingerprint density at radius 2 is 1.35 bits per heavy atom. The van der Waals surface area contributed by atoms with Gasteiger partial charge in [0.25, 0.3) is 0 Å². The smallest absolute Gasteiger partial charge is 0.324 e. The first-order chi connectivity index (χ1) is 11.0. The molecule has 23 heavy (non-hydrogen) atoms. The molecule has 0 unspecified atom stereocenters. The third-order valence-electron chi connectivity index (χ3n) is 4.18. The van der Waals surface area contributed by atoms with Gasteiger partial charge in [-0.1, -0.05) is 12.1 Å². The van der Waals surface area contributed by atoms with Crippen LogP contribution in [0.5, 0.6) is 0 Å². The molecular weight excluding hydrogens is 300 g/mol. The van der Waals surface area contributed by atoms with Crippen LogP contribution in [-0.2, 0) is 45.1 Å². The highest BCUT2D eigenvalue weighted by atomic mass is 16.6. The molecule has 0 aromatic heterocycles. The minimum atomic E-state index is -1.38. The zero-order valence-corrected chi connectivity index (χ0v) is 13.4. The van der Waals surface area contributed by atoms with Gasteiger partial charge in [-0.15, -0.1) is 0 Å². The predicted molar refractivity (Wildman–Crippen MR) is 81.4 cm³/mol. The number of hydrogen-bond acceptors (Lipinski definition) is 6. The minimum Gasteiger partial charge on any atom is -0.465 e. The molecule has 0 fully saturated rings. The molecule has 0 spiro atoms. The molecule has 6 nitrogen and oxygen atoms in total. The number of carbonyl (C=O) groups excluding carboxylic acids is 2. The van der Waals surface area contributed by atoms with Crippen molar-refractivity contribution < 1.29 is 29.3 Å². The van der Waals surface area contributed by atoms with Crippen molar-refractivity contribution in [3.63, 3.8) is 0 Å². The Balaban J connectivity index is 2.44. The van der Waals surface area contributed by atoms with Crippen LogP contribution < -0.4 is 0 Å². The fourth-order valence-corrected chi connectivity index (χ4v) is 3.04. The lowest BCUT2D eigenvalue weighted by molar-refractivity contribution is -0.171. The van der Waals surface area contributed by atoms with Crippen molar-refractivity contribution in [2.45, 2.75) is 39.9 Å². The summed E-state index contributed by atoms with van der Waals surface area (Å²) < 4.78 is 10.2. The van der Waals surface area contributed by atoms with Crippen molar-refractivity contribution in [2.75, 3.05) is 13.2 Å². The van der Waals surface area contributed by atoms with Gasteiger partial charge < -0.3 is 19.7 Å². The van der Waals surface area contributed by atoms with Gasteiger partial charge in [0.15, 0.2) is 5.41 Å². The van der Waals surface area contributed by atoms with E-state index < -0.39 is 17.4 Å². The number of fused-ring (bicyclic) bond motifs is 1. The van der Waals surface area contributed by atoms with E-state index >= 15 is 0 Å². The van der Waals surface area contributed by atoms with Crippen LogP contribution in [-0.4, -0.2) is 35.4 Å². The average Bonchev–Trinajstić information content (AvgIpc) is 2.93. The summed E-state index contributed by atoms with van der Waals surface area (Å²) >= 11 is 0. The third kappa shape index (κ3) is 3.09. The molecule has 0 heterocycles. The number of rotatable bonds is 6. The SMILES string of the molecule is CCOC(=O)C1(C(=O)OCC)Cc2cc(CO)c(CO)cc2C1. The second kappa shape index (κ2) is 7.10. The number of carbonyl (C=O) groups is 2. The largest absolute Gasteiger partial charge is 0.465 e. The zero-order valence-electron chi connectivity index (χ0n) is 13.4. The highest BCUT2D eigenvalue weighted by Crippen LogP contribution is 2.40. The van der Waals surface area contributed by atoms with Gasteiger partial charge in [-0.05, 0) is 48.9 Å². The van der Waals surface area contributed by atoms with Crippen molar-refractivity contribution in [3.05, 3.63) is 34.4 Å². The molecule has 0 amide bonds. The molecule has 6 heteroatoms. The number of aliphatic hydroxyl groups excluding tert-OH is 2. The fraction of sp³-hybridized carbons (Fsp3) is 0.529. The number of hydrogen-bond donors (Lipinski definition) is 2. The van der Waals surface area contributed by atoms with Gasteiger partial charge in [0.2, 0.25) is 0 Å². The zero-order chi connectivity index (χ0) is 17.0. The van der Waals surface area contributed by atoms with Gasteiger partial charge in [0.05, 0.1) is 26.4 Å². The van der Waals surface area contributed by atoms with Gasteiger partial charge in [0, 0.05) is 0 Å². The van der Waals surface area contributed by atoms with E-state index in [4.69, 9.17) is 9.47 Å². The van der Waals surface area contributed by atoms with E-state index in [0.717, 1.165) is 11.1 Å². The summed E-state index contributed by atoms with van der Waals surface area (Å²) in [6, 6.07) is 3.47. The van der Waals surface area contributed by atoms with E-state index in [2.05, 4.69) is 0 Å². The molecule has 0 atom stereocenters. The maximum absolute atomic E-state index is 12.4. The lowest BCUT2D eigenvalue weighted by Crippen LogP contribution is -2.43. The highest BCUT2D eigenvalue weighted by Gasteiger charge is 2.53. The topological polar surface area (TPSA) is 93.1 Å². The maximum atomic E-state index is 12.4. The lowest BCUT2D eigenvalue weighted by atomic mass is 9.84. The monoisotopic (exact) mass is 322 g/mol. The number of ether oxygens (including phenoxy) is 2. The van der Waals surface area contributed by atoms with Gasteiger partial charge >= 0.3 is 11.9 Å². The molecule has 0 saturated carbocycles. The van der Waals surface area contributed by atoms with Gasteiger partial charge in [-0.3, -0.25) is 9.59 Å². The van der Waals surface area contributed by atoms with Crippen LogP contribution in [0.15, 0.2) is 12.1 Å². The Kier molecular flexibility index (Phi) is 5.38. The van der Waals surface area contributed by atoms with Gasteiger partial charge in [-0.2, -0.15) is 0 Å². The summed E-state index contributed by atoms with van der Waals surface area (Å²) in [6.07, 6.45) is 0.359. The van der Waals surface area contributed by atoms with E-state index in [1.807, 2.05) is 0 Å². The van der Waals surface area contributed by atoms with Crippen LogP contribution >= 0.6 is 0 Å². The quantitative estimate of drug-likeness (QED) is 0.597. The lowest BCUT2D eigenvalue weighted by Gasteiger charge is -2.23. The molecule has 1 aliphatic rings. The molecule has 2 N–H and O–H groups in total. The van der Waals surface area contributed by atoms with Crippen LogP contribution in [0.1, 0.15) is 36.1 Å². The molecule has 0 bridgehead atoms. The standard InChI is InChI=1S/C17H22O6/c1-3-22-15(20)17(16(21)23-4-2)7-11-5-13(9-18)14(10-19)6-12(11)8-17/h5-6,18-19H,3-4,7-10H2,1-2H3. The van der Waals surface area contributed by atoms with Gasteiger partial charge in [-0.25, -0.2) is 0 Å². The summed E-state index contributed by atoms with van der Waals surface area (Å²) in [5.41, 5.74) is 1.40. The minimum absolute atomic E-state index is 0.179. The Labute approximate surface area is 135 Å². The van der Waals surface area contributed by atoms with Crippen molar-refractivity contribution >= 4 is 11.9 Å². The number of benzene rings is 1. The normalized spacial score (nSPS) is 15.1. The van der Waals surface area contributed by atoms with Crippen molar-refractivity contribution in [3.8, 4) is 0 Å². The molecular formula is C17H22O6. The van der Waals surface area contributed by atoms with Crippen molar-refractivity contribution in [2.24, 2.45) is 5.41 Å². The Morgan fingerprint density at radius 3 is 1.65 bits per heavy atom. The molecule has 0 aliphatic heterocycles. The van der Waals surface area contributed by atoms with Crippen molar-refractivity contribution in [1.29, 1.82) is 0 Å². The summed E-state index contributed by atoms with van der Waals surface area (Å²) in [5, 5.41) is 18.8. The first-order valence-corrected chi connectivity index (χ1v) is 7.72. The molecule has 0 radical (unpaired) electrons. The number of esters is 2. The van der Waals surface area contributed by atoms with Crippen LogP contribution in [0, 0.1) is 5.41 Å².